The van der Waals surface area contributed by atoms with E-state index in [1.165, 1.54) is 0 Å². The maximum absolute atomic E-state index is 5.95. The molecule has 0 aromatic carbocycles. The Hall–Kier alpha value is -1.14. The monoisotopic (exact) mass is 267 g/mol. The maximum Gasteiger partial charge on any atom is 0.244 e. The first-order valence-electron chi connectivity index (χ1n) is 7.09. The molecule has 1 unspecified atom stereocenters. The molecule has 0 radical (unpaired) electrons. The van der Waals surface area contributed by atoms with Crippen molar-refractivity contribution in [2.24, 2.45) is 11.7 Å². The molecule has 0 saturated carbocycles. The second kappa shape index (κ2) is 6.34. The van der Waals surface area contributed by atoms with Crippen LogP contribution in [0.15, 0.2) is 0 Å². The molecule has 1 fully saturated rings. The van der Waals surface area contributed by atoms with Crippen LogP contribution in [0, 0.1) is 5.92 Å². The summed E-state index contributed by atoms with van der Waals surface area (Å²) < 4.78 is 5.51. The van der Waals surface area contributed by atoms with Crippen LogP contribution >= 0.6 is 0 Å². The van der Waals surface area contributed by atoms with E-state index in [2.05, 4.69) is 27.0 Å². The lowest BCUT2D eigenvalue weighted by Crippen LogP contribution is -2.40. The van der Waals surface area contributed by atoms with E-state index in [4.69, 9.17) is 10.5 Å². The number of ether oxygens (including phenoxy) is 1. The van der Waals surface area contributed by atoms with Crippen LogP contribution in [-0.2, 0) is 11.3 Å². The summed E-state index contributed by atoms with van der Waals surface area (Å²) in [6.07, 6.45) is 2.43. The normalized spacial score (nSPS) is 19.1. The van der Waals surface area contributed by atoms with Gasteiger partial charge in [0.15, 0.2) is 5.82 Å². The van der Waals surface area contributed by atoms with Crippen LogP contribution in [0.3, 0.4) is 0 Å². The minimum absolute atomic E-state index is 0.204. The third-order valence-electron chi connectivity index (χ3n) is 3.64. The van der Waals surface area contributed by atoms with Crippen molar-refractivity contribution in [3.8, 4) is 0 Å². The summed E-state index contributed by atoms with van der Waals surface area (Å²) >= 11 is 0. The van der Waals surface area contributed by atoms with Gasteiger partial charge in [0.1, 0.15) is 6.61 Å². The molecule has 6 heteroatoms. The van der Waals surface area contributed by atoms with Gasteiger partial charge in [0.05, 0.1) is 6.10 Å². The largest absolute Gasteiger partial charge is 0.371 e. The summed E-state index contributed by atoms with van der Waals surface area (Å²) in [7, 11) is 0. The summed E-state index contributed by atoms with van der Waals surface area (Å²) in [5.41, 5.74) is 5.95. The second-order valence-corrected chi connectivity index (χ2v) is 5.63. The third-order valence-corrected chi connectivity index (χ3v) is 3.64. The molecule has 6 nitrogen and oxygen atoms in total. The first kappa shape index (κ1) is 14.3. The Morgan fingerprint density at radius 1 is 1.37 bits per heavy atom. The fourth-order valence-corrected chi connectivity index (χ4v) is 2.36. The van der Waals surface area contributed by atoms with Gasteiger partial charge < -0.3 is 15.4 Å². The number of nitrogens with one attached hydrogen (secondary N) is 1. The van der Waals surface area contributed by atoms with Crippen molar-refractivity contribution in [3.05, 3.63) is 5.82 Å². The lowest BCUT2D eigenvalue weighted by Gasteiger charge is -2.32. The highest BCUT2D eigenvalue weighted by Gasteiger charge is 2.23. The van der Waals surface area contributed by atoms with E-state index in [9.17, 15) is 0 Å². The summed E-state index contributed by atoms with van der Waals surface area (Å²) in [4.78, 5) is 6.70. The highest BCUT2D eigenvalue weighted by atomic mass is 16.5. The molecule has 0 spiro atoms. The number of aromatic nitrogens is 3. The van der Waals surface area contributed by atoms with Crippen LogP contribution in [0.2, 0.25) is 0 Å². The minimum Gasteiger partial charge on any atom is -0.371 e. The molecule has 1 aromatic rings. The van der Waals surface area contributed by atoms with Crippen molar-refractivity contribution >= 4 is 5.95 Å². The van der Waals surface area contributed by atoms with Gasteiger partial charge in [-0.25, -0.2) is 0 Å². The predicted molar refractivity (Wildman–Crippen MR) is 74.9 cm³/mol. The van der Waals surface area contributed by atoms with E-state index in [1.54, 1.807) is 0 Å². The Labute approximate surface area is 114 Å². The number of aromatic amines is 1. The molecule has 0 bridgehead atoms. The number of hydrogen-bond acceptors (Lipinski definition) is 5. The maximum atomic E-state index is 5.95. The molecule has 0 amide bonds. The average Bonchev–Trinajstić information content (AvgIpc) is 2.85. The second-order valence-electron chi connectivity index (χ2n) is 5.63. The van der Waals surface area contributed by atoms with Crippen LogP contribution in [-0.4, -0.2) is 40.4 Å². The molecule has 3 N–H and O–H groups in total. The fraction of sp³-hybridized carbons (Fsp3) is 0.846. The van der Waals surface area contributed by atoms with E-state index in [0.29, 0.717) is 12.5 Å². The number of hydrogen-bond donors (Lipinski definition) is 2. The van der Waals surface area contributed by atoms with Crippen molar-refractivity contribution in [1.29, 1.82) is 0 Å². The summed E-state index contributed by atoms with van der Waals surface area (Å²) in [6, 6.07) is 0.282. The molecule has 1 aliphatic heterocycles. The first-order chi connectivity index (χ1) is 9.06. The SMILES string of the molecule is CC(C)OCc1nc(N2CCC(C(C)N)CC2)n[nH]1. The van der Waals surface area contributed by atoms with E-state index >= 15 is 0 Å². The van der Waals surface area contributed by atoms with Crippen LogP contribution < -0.4 is 10.6 Å². The van der Waals surface area contributed by atoms with Crippen LogP contribution in [0.5, 0.6) is 0 Å². The van der Waals surface area contributed by atoms with Gasteiger partial charge in [0.2, 0.25) is 5.95 Å². The van der Waals surface area contributed by atoms with Crippen molar-refractivity contribution < 1.29 is 4.74 Å². The highest BCUT2D eigenvalue weighted by molar-refractivity contribution is 5.29. The van der Waals surface area contributed by atoms with Gasteiger partial charge in [-0.3, -0.25) is 5.10 Å². The molecule has 2 heterocycles. The van der Waals surface area contributed by atoms with Crippen molar-refractivity contribution in [1.82, 2.24) is 15.2 Å². The van der Waals surface area contributed by atoms with Crippen LogP contribution in [0.1, 0.15) is 39.4 Å². The van der Waals surface area contributed by atoms with Crippen molar-refractivity contribution in [3.63, 3.8) is 0 Å². The number of piperidine rings is 1. The van der Waals surface area contributed by atoms with Crippen molar-refractivity contribution in [2.75, 3.05) is 18.0 Å². The van der Waals surface area contributed by atoms with Gasteiger partial charge in [-0.1, -0.05) is 0 Å². The Morgan fingerprint density at radius 3 is 2.63 bits per heavy atom. The number of nitrogens with zero attached hydrogens (tertiary/aromatic N) is 3. The van der Waals surface area contributed by atoms with Crippen molar-refractivity contribution in [2.45, 2.75) is 52.4 Å². The van der Waals surface area contributed by atoms with Gasteiger partial charge in [-0.05, 0) is 39.5 Å². The lowest BCUT2D eigenvalue weighted by atomic mass is 9.91. The van der Waals surface area contributed by atoms with Crippen LogP contribution in [0.25, 0.3) is 0 Å². The smallest absolute Gasteiger partial charge is 0.244 e. The summed E-state index contributed by atoms with van der Waals surface area (Å²) in [5.74, 6) is 2.20. The number of anilines is 1. The zero-order valence-electron chi connectivity index (χ0n) is 12.1. The molecular weight excluding hydrogens is 242 g/mol. The Balaban J connectivity index is 1.86. The van der Waals surface area contributed by atoms with Crippen LogP contribution in [0.4, 0.5) is 5.95 Å². The predicted octanol–water partition coefficient (Wildman–Crippen LogP) is 1.29. The quantitative estimate of drug-likeness (QED) is 0.840. The molecule has 1 atom stereocenters. The van der Waals surface area contributed by atoms with E-state index in [1.807, 2.05) is 13.8 Å². The molecule has 108 valence electrons. The van der Waals surface area contributed by atoms with Gasteiger partial charge in [0.25, 0.3) is 0 Å². The zero-order valence-corrected chi connectivity index (χ0v) is 12.1. The minimum atomic E-state index is 0.204. The van der Waals surface area contributed by atoms with Gasteiger partial charge >= 0.3 is 0 Å². The Kier molecular flexibility index (Phi) is 4.76. The average molecular weight is 267 g/mol. The first-order valence-corrected chi connectivity index (χ1v) is 7.09. The number of nitrogens with two attached hydrogens (primary N) is 1. The van der Waals surface area contributed by atoms with E-state index in [-0.39, 0.29) is 12.1 Å². The van der Waals surface area contributed by atoms with Gasteiger partial charge in [0, 0.05) is 19.1 Å². The summed E-state index contributed by atoms with van der Waals surface area (Å²) in [6.45, 7) is 8.56. The molecule has 1 aromatic heterocycles. The molecular formula is C13H25N5O. The zero-order chi connectivity index (χ0) is 13.8. The number of H-pyrrole nitrogens is 1. The molecule has 0 aliphatic carbocycles. The highest BCUT2D eigenvalue weighted by Crippen LogP contribution is 2.22. The molecule has 1 saturated heterocycles. The summed E-state index contributed by atoms with van der Waals surface area (Å²) in [5, 5.41) is 7.21. The lowest BCUT2D eigenvalue weighted by molar-refractivity contribution is 0.0615. The molecule has 1 aliphatic rings. The standard InChI is InChI=1S/C13H25N5O/c1-9(2)19-8-12-15-13(17-16-12)18-6-4-11(5-7-18)10(3)14/h9-11H,4-8,14H2,1-3H3,(H,15,16,17). The number of rotatable bonds is 5. The van der Waals surface area contributed by atoms with Gasteiger partial charge in [-0.15, -0.1) is 5.10 Å². The van der Waals surface area contributed by atoms with E-state index in [0.717, 1.165) is 37.7 Å². The Morgan fingerprint density at radius 2 is 2.05 bits per heavy atom. The topological polar surface area (TPSA) is 80.1 Å². The van der Waals surface area contributed by atoms with E-state index < -0.39 is 0 Å². The molecule has 19 heavy (non-hydrogen) atoms. The Bertz CT molecular complexity index is 382. The van der Waals surface area contributed by atoms with Gasteiger partial charge in [-0.2, -0.15) is 4.98 Å². The fourth-order valence-electron chi connectivity index (χ4n) is 2.36. The molecule has 2 rings (SSSR count). The third kappa shape index (κ3) is 3.91.